The first kappa shape index (κ1) is 21.0. The molecular weight excluding hydrogens is 336 g/mol. The van der Waals surface area contributed by atoms with Gasteiger partial charge in [-0.3, -0.25) is 9.59 Å². The lowest BCUT2D eigenvalue weighted by atomic mass is 9.89. The Labute approximate surface area is 162 Å². The molecule has 2 aromatic rings. The van der Waals surface area contributed by atoms with E-state index in [9.17, 15) is 9.59 Å². The second kappa shape index (κ2) is 8.18. The molecule has 0 amide bonds. The van der Waals surface area contributed by atoms with Crippen LogP contribution in [0.2, 0.25) is 0 Å². The van der Waals surface area contributed by atoms with E-state index in [1.54, 1.807) is 0 Å². The van der Waals surface area contributed by atoms with Crippen molar-refractivity contribution in [3.63, 3.8) is 0 Å². The summed E-state index contributed by atoms with van der Waals surface area (Å²) in [6.07, 6.45) is 1.89. The van der Waals surface area contributed by atoms with Gasteiger partial charge in [-0.05, 0) is 111 Å². The number of carbonyl (C=O) groups is 2. The maximum Gasteiger partial charge on any atom is 0.150 e. The van der Waals surface area contributed by atoms with Crippen LogP contribution in [0.1, 0.15) is 76.4 Å². The van der Waals surface area contributed by atoms with Crippen LogP contribution in [0.15, 0.2) is 0 Å². The standard InChI is InChI=1S/C24H30O3/c1-13-17(5)23(18(6)14(2)21(13)9-25)11-27-12-24-19(7)15(3)22(10-26)16(4)20(24)8/h9-10H,11-12H2,1-8H3. The van der Waals surface area contributed by atoms with Crippen molar-refractivity contribution >= 4 is 12.6 Å². The molecule has 3 heteroatoms. The Bertz CT molecular complexity index is 787. The minimum Gasteiger partial charge on any atom is -0.372 e. The maximum absolute atomic E-state index is 11.4. The Morgan fingerprint density at radius 2 is 0.778 bits per heavy atom. The van der Waals surface area contributed by atoms with E-state index in [0.717, 1.165) is 79.3 Å². The number of rotatable bonds is 6. The van der Waals surface area contributed by atoms with Crippen molar-refractivity contribution in [2.24, 2.45) is 0 Å². The average Bonchev–Trinajstić information content (AvgIpc) is 2.64. The Morgan fingerprint density at radius 1 is 0.519 bits per heavy atom. The Hall–Kier alpha value is -2.26. The van der Waals surface area contributed by atoms with E-state index in [1.807, 2.05) is 27.7 Å². The van der Waals surface area contributed by atoms with Gasteiger partial charge in [-0.15, -0.1) is 0 Å². The van der Waals surface area contributed by atoms with Gasteiger partial charge in [0.25, 0.3) is 0 Å². The molecule has 0 spiro atoms. The van der Waals surface area contributed by atoms with E-state index in [4.69, 9.17) is 4.74 Å². The molecule has 0 saturated heterocycles. The van der Waals surface area contributed by atoms with Crippen molar-refractivity contribution in [3.8, 4) is 0 Å². The molecule has 0 unspecified atom stereocenters. The highest BCUT2D eigenvalue weighted by atomic mass is 16.5. The molecule has 0 aliphatic carbocycles. The van der Waals surface area contributed by atoms with Gasteiger partial charge in [0.2, 0.25) is 0 Å². The first-order valence-electron chi connectivity index (χ1n) is 9.33. The average molecular weight is 367 g/mol. The van der Waals surface area contributed by atoms with Crippen LogP contribution < -0.4 is 0 Å². The summed E-state index contributed by atoms with van der Waals surface area (Å²) in [6, 6.07) is 0. The second-order valence-electron chi connectivity index (χ2n) is 7.51. The van der Waals surface area contributed by atoms with Crippen LogP contribution in [0, 0.1) is 55.4 Å². The first-order valence-corrected chi connectivity index (χ1v) is 9.33. The molecule has 0 radical (unpaired) electrons. The van der Waals surface area contributed by atoms with Gasteiger partial charge < -0.3 is 4.74 Å². The summed E-state index contributed by atoms with van der Waals surface area (Å²) in [5.41, 5.74) is 12.5. The largest absolute Gasteiger partial charge is 0.372 e. The van der Waals surface area contributed by atoms with E-state index in [0.29, 0.717) is 13.2 Å². The predicted molar refractivity (Wildman–Crippen MR) is 110 cm³/mol. The predicted octanol–water partition coefficient (Wildman–Crippen LogP) is 5.50. The molecule has 2 aromatic carbocycles. The number of hydrogen-bond donors (Lipinski definition) is 0. The first-order chi connectivity index (χ1) is 12.7. The molecule has 0 saturated carbocycles. The highest BCUT2D eigenvalue weighted by Gasteiger charge is 2.17. The van der Waals surface area contributed by atoms with Crippen molar-refractivity contribution in [1.29, 1.82) is 0 Å². The SMILES string of the molecule is Cc1c(C)c(COCc2c(C)c(C)c(C=O)c(C)c2C)c(C)c(C)c1C=O. The van der Waals surface area contributed by atoms with Gasteiger partial charge in [-0.25, -0.2) is 0 Å². The lowest BCUT2D eigenvalue weighted by Crippen LogP contribution is -2.09. The van der Waals surface area contributed by atoms with Gasteiger partial charge in [-0.2, -0.15) is 0 Å². The minimum absolute atomic E-state index is 0.505. The van der Waals surface area contributed by atoms with E-state index >= 15 is 0 Å². The third-order valence-corrected chi connectivity index (χ3v) is 6.41. The normalized spacial score (nSPS) is 11.0. The molecular formula is C24H30O3. The molecule has 0 N–H and O–H groups in total. The van der Waals surface area contributed by atoms with Crippen LogP contribution >= 0.6 is 0 Å². The lowest BCUT2D eigenvalue weighted by molar-refractivity contribution is 0.105. The maximum atomic E-state index is 11.4. The summed E-state index contributed by atoms with van der Waals surface area (Å²) >= 11 is 0. The molecule has 0 aliphatic rings. The summed E-state index contributed by atoms with van der Waals surface area (Å²) in [4.78, 5) is 22.8. The van der Waals surface area contributed by atoms with Crippen LogP contribution in [0.4, 0.5) is 0 Å². The van der Waals surface area contributed by atoms with E-state index in [-0.39, 0.29) is 0 Å². The second-order valence-corrected chi connectivity index (χ2v) is 7.51. The zero-order valence-electron chi connectivity index (χ0n) is 17.8. The van der Waals surface area contributed by atoms with Gasteiger partial charge >= 0.3 is 0 Å². The number of hydrogen-bond acceptors (Lipinski definition) is 3. The van der Waals surface area contributed by atoms with Gasteiger partial charge in [0.1, 0.15) is 0 Å². The Balaban J connectivity index is 2.34. The highest BCUT2D eigenvalue weighted by Crippen LogP contribution is 2.29. The highest BCUT2D eigenvalue weighted by molar-refractivity contribution is 5.82. The van der Waals surface area contributed by atoms with Crippen LogP contribution in [0.5, 0.6) is 0 Å². The van der Waals surface area contributed by atoms with Gasteiger partial charge in [0, 0.05) is 11.1 Å². The van der Waals surface area contributed by atoms with Crippen molar-refractivity contribution in [1.82, 2.24) is 0 Å². The van der Waals surface area contributed by atoms with E-state index in [1.165, 1.54) is 0 Å². The third-order valence-electron chi connectivity index (χ3n) is 6.41. The molecule has 0 bridgehead atoms. The molecule has 0 aromatic heterocycles. The summed E-state index contributed by atoms with van der Waals surface area (Å²) in [6.45, 7) is 17.2. The van der Waals surface area contributed by atoms with Crippen LogP contribution in [0.3, 0.4) is 0 Å². The topological polar surface area (TPSA) is 43.4 Å². The Kier molecular flexibility index (Phi) is 6.38. The number of ether oxygens (including phenoxy) is 1. The van der Waals surface area contributed by atoms with E-state index < -0.39 is 0 Å². The molecule has 144 valence electrons. The van der Waals surface area contributed by atoms with Crippen LogP contribution in [-0.4, -0.2) is 12.6 Å². The van der Waals surface area contributed by atoms with Gasteiger partial charge in [0.15, 0.2) is 12.6 Å². The van der Waals surface area contributed by atoms with Crippen molar-refractivity contribution < 1.29 is 14.3 Å². The quantitative estimate of drug-likeness (QED) is 0.634. The molecule has 27 heavy (non-hydrogen) atoms. The van der Waals surface area contributed by atoms with Crippen molar-refractivity contribution in [2.45, 2.75) is 68.6 Å². The monoisotopic (exact) mass is 366 g/mol. The lowest BCUT2D eigenvalue weighted by Gasteiger charge is -2.20. The molecule has 0 fully saturated rings. The van der Waals surface area contributed by atoms with Crippen LogP contribution in [0.25, 0.3) is 0 Å². The molecule has 0 atom stereocenters. The van der Waals surface area contributed by atoms with E-state index in [2.05, 4.69) is 27.7 Å². The van der Waals surface area contributed by atoms with Crippen LogP contribution in [-0.2, 0) is 18.0 Å². The Morgan fingerprint density at radius 3 is 1.00 bits per heavy atom. The van der Waals surface area contributed by atoms with Crippen molar-refractivity contribution in [3.05, 3.63) is 66.8 Å². The summed E-state index contributed by atoms with van der Waals surface area (Å²) in [7, 11) is 0. The fraction of sp³-hybridized carbons (Fsp3) is 0.417. The zero-order valence-corrected chi connectivity index (χ0v) is 17.8. The number of aldehydes is 2. The summed E-state index contributed by atoms with van der Waals surface area (Å²) in [5.74, 6) is 0. The number of carbonyl (C=O) groups excluding carboxylic acids is 2. The zero-order chi connectivity index (χ0) is 20.5. The molecule has 2 rings (SSSR count). The smallest absolute Gasteiger partial charge is 0.150 e. The van der Waals surface area contributed by atoms with Crippen molar-refractivity contribution in [2.75, 3.05) is 0 Å². The third kappa shape index (κ3) is 3.61. The molecule has 3 nitrogen and oxygen atoms in total. The summed E-state index contributed by atoms with van der Waals surface area (Å²) < 4.78 is 6.12. The molecule has 0 heterocycles. The fourth-order valence-electron chi connectivity index (χ4n) is 3.88. The minimum atomic E-state index is 0.505. The van der Waals surface area contributed by atoms with Gasteiger partial charge in [-0.1, -0.05) is 0 Å². The summed E-state index contributed by atoms with van der Waals surface area (Å²) in [5, 5.41) is 0. The fourth-order valence-corrected chi connectivity index (χ4v) is 3.88. The van der Waals surface area contributed by atoms with Gasteiger partial charge in [0.05, 0.1) is 13.2 Å². The molecule has 0 aliphatic heterocycles. The number of benzene rings is 2.